The van der Waals surface area contributed by atoms with Gasteiger partial charge in [0, 0.05) is 6.54 Å². The van der Waals surface area contributed by atoms with Gasteiger partial charge in [-0.25, -0.2) is 9.59 Å². The molecule has 0 saturated carbocycles. The second-order valence-corrected chi connectivity index (χ2v) is 6.26. The van der Waals surface area contributed by atoms with Gasteiger partial charge in [-0.2, -0.15) is 0 Å². The number of amides is 2. The molecule has 0 spiro atoms. The standard InChI is InChI=1S/C14H24N2O5/c1-14(2,3)9-21-13(19)15-8-11(17)16-7-5-6-10(16)12(18)20-4/h10H,5-9H2,1-4H3,(H,15,19). The van der Waals surface area contributed by atoms with Crippen LogP contribution in [0.5, 0.6) is 0 Å². The Hall–Kier alpha value is -1.79. The van der Waals surface area contributed by atoms with Gasteiger partial charge in [0.2, 0.25) is 5.91 Å². The van der Waals surface area contributed by atoms with Crippen molar-refractivity contribution < 1.29 is 23.9 Å². The fourth-order valence-electron chi connectivity index (χ4n) is 2.03. The molecule has 1 atom stereocenters. The Morgan fingerprint density at radius 1 is 1.29 bits per heavy atom. The zero-order valence-electron chi connectivity index (χ0n) is 13.1. The molecule has 0 aromatic heterocycles. The average Bonchev–Trinajstić information content (AvgIpc) is 2.90. The van der Waals surface area contributed by atoms with E-state index in [9.17, 15) is 14.4 Å². The van der Waals surface area contributed by atoms with Crippen LogP contribution in [0.25, 0.3) is 0 Å². The number of carbonyl (C=O) groups is 3. The summed E-state index contributed by atoms with van der Waals surface area (Å²) in [5.41, 5.74) is -0.133. The highest BCUT2D eigenvalue weighted by Gasteiger charge is 2.34. The zero-order chi connectivity index (χ0) is 16.0. The molecule has 1 aliphatic heterocycles. The average molecular weight is 300 g/mol. The van der Waals surface area contributed by atoms with E-state index in [0.717, 1.165) is 6.42 Å². The topological polar surface area (TPSA) is 84.9 Å². The number of methoxy groups -OCH3 is 1. The molecule has 1 unspecified atom stereocenters. The van der Waals surface area contributed by atoms with Crippen LogP contribution in [0.4, 0.5) is 4.79 Å². The smallest absolute Gasteiger partial charge is 0.407 e. The first-order chi connectivity index (χ1) is 9.74. The number of hydrogen-bond donors (Lipinski definition) is 1. The molecule has 1 aliphatic rings. The van der Waals surface area contributed by atoms with E-state index in [0.29, 0.717) is 13.0 Å². The number of nitrogens with one attached hydrogen (secondary N) is 1. The fraction of sp³-hybridized carbons (Fsp3) is 0.786. The van der Waals surface area contributed by atoms with Crippen molar-refractivity contribution in [3.63, 3.8) is 0 Å². The Kier molecular flexibility index (Phi) is 5.99. The summed E-state index contributed by atoms with van der Waals surface area (Å²) in [6.07, 6.45) is 0.708. The molecule has 0 bridgehead atoms. The first-order valence-corrected chi connectivity index (χ1v) is 7.02. The number of carbonyl (C=O) groups excluding carboxylic acids is 3. The van der Waals surface area contributed by atoms with Crippen LogP contribution in [-0.4, -0.2) is 55.7 Å². The van der Waals surface area contributed by atoms with E-state index in [2.05, 4.69) is 10.1 Å². The Morgan fingerprint density at radius 3 is 2.52 bits per heavy atom. The summed E-state index contributed by atoms with van der Waals surface area (Å²) in [5, 5.41) is 2.40. The minimum atomic E-state index is -0.632. The largest absolute Gasteiger partial charge is 0.467 e. The lowest BCUT2D eigenvalue weighted by Crippen LogP contribution is -2.46. The summed E-state index contributed by atoms with van der Waals surface area (Å²) in [4.78, 5) is 36.5. The molecule has 0 aliphatic carbocycles. The lowest BCUT2D eigenvalue weighted by atomic mass is 9.99. The molecule has 120 valence electrons. The van der Waals surface area contributed by atoms with Crippen LogP contribution in [0.3, 0.4) is 0 Å². The summed E-state index contributed by atoms with van der Waals surface area (Å²) in [5.74, 6) is -0.730. The van der Waals surface area contributed by atoms with E-state index in [1.807, 2.05) is 20.8 Å². The molecule has 21 heavy (non-hydrogen) atoms. The third-order valence-corrected chi connectivity index (χ3v) is 3.07. The molecule has 1 heterocycles. The summed E-state index contributed by atoms with van der Waals surface area (Å²) in [6.45, 7) is 6.40. The number of hydrogen-bond acceptors (Lipinski definition) is 5. The maximum absolute atomic E-state index is 12.0. The normalized spacial score (nSPS) is 18.3. The molecule has 7 nitrogen and oxygen atoms in total. The first kappa shape index (κ1) is 17.3. The molecule has 0 aromatic carbocycles. The number of esters is 1. The van der Waals surface area contributed by atoms with Crippen molar-refractivity contribution in [3.05, 3.63) is 0 Å². The molecule has 7 heteroatoms. The Balaban J connectivity index is 2.39. The number of rotatable bonds is 4. The SMILES string of the molecule is COC(=O)C1CCCN1C(=O)CNC(=O)OCC(C)(C)C. The van der Waals surface area contributed by atoms with Crippen molar-refractivity contribution in [2.24, 2.45) is 5.41 Å². The second kappa shape index (κ2) is 7.28. The third kappa shape index (κ3) is 5.61. The van der Waals surface area contributed by atoms with E-state index >= 15 is 0 Å². The zero-order valence-corrected chi connectivity index (χ0v) is 13.1. The number of nitrogens with zero attached hydrogens (tertiary/aromatic N) is 1. The maximum atomic E-state index is 12.0. The van der Waals surface area contributed by atoms with Crippen molar-refractivity contribution in [1.29, 1.82) is 0 Å². The monoisotopic (exact) mass is 300 g/mol. The van der Waals surface area contributed by atoms with Crippen molar-refractivity contribution in [2.45, 2.75) is 39.7 Å². The predicted octanol–water partition coefficient (Wildman–Crippen LogP) is 0.923. The lowest BCUT2D eigenvalue weighted by molar-refractivity contribution is -0.150. The van der Waals surface area contributed by atoms with Gasteiger partial charge in [-0.3, -0.25) is 4.79 Å². The van der Waals surface area contributed by atoms with Crippen molar-refractivity contribution in [3.8, 4) is 0 Å². The van der Waals surface area contributed by atoms with Crippen LogP contribution >= 0.6 is 0 Å². The molecule has 2 amide bonds. The molecular formula is C14H24N2O5. The van der Waals surface area contributed by atoms with Gasteiger partial charge in [0.15, 0.2) is 0 Å². The fourth-order valence-corrected chi connectivity index (χ4v) is 2.03. The van der Waals surface area contributed by atoms with Gasteiger partial charge in [-0.15, -0.1) is 0 Å². The number of ether oxygens (including phenoxy) is 2. The maximum Gasteiger partial charge on any atom is 0.407 e. The van der Waals surface area contributed by atoms with Gasteiger partial charge in [0.1, 0.15) is 12.6 Å². The van der Waals surface area contributed by atoms with E-state index in [1.54, 1.807) is 0 Å². The molecule has 1 N–H and O–H groups in total. The van der Waals surface area contributed by atoms with Crippen LogP contribution in [0.1, 0.15) is 33.6 Å². The van der Waals surface area contributed by atoms with Crippen molar-refractivity contribution >= 4 is 18.0 Å². The molecule has 1 saturated heterocycles. The summed E-state index contributed by atoms with van der Waals surface area (Å²) in [7, 11) is 1.30. The highest BCUT2D eigenvalue weighted by molar-refractivity contribution is 5.87. The minimum absolute atomic E-state index is 0.133. The lowest BCUT2D eigenvalue weighted by Gasteiger charge is -2.23. The van der Waals surface area contributed by atoms with E-state index in [4.69, 9.17) is 4.74 Å². The van der Waals surface area contributed by atoms with E-state index in [-0.39, 0.29) is 24.5 Å². The Bertz CT molecular complexity index is 403. The third-order valence-electron chi connectivity index (χ3n) is 3.07. The van der Waals surface area contributed by atoms with Crippen molar-refractivity contribution in [2.75, 3.05) is 26.8 Å². The molecule has 0 radical (unpaired) electrons. The van der Waals surface area contributed by atoms with Gasteiger partial charge < -0.3 is 19.7 Å². The van der Waals surface area contributed by atoms with Crippen LogP contribution in [0, 0.1) is 5.41 Å². The van der Waals surface area contributed by atoms with Gasteiger partial charge in [0.05, 0.1) is 13.7 Å². The second-order valence-electron chi connectivity index (χ2n) is 6.26. The van der Waals surface area contributed by atoms with Gasteiger partial charge >= 0.3 is 12.1 Å². The summed E-state index contributed by atoms with van der Waals surface area (Å²) >= 11 is 0. The van der Waals surface area contributed by atoms with Crippen LogP contribution in [-0.2, 0) is 19.1 Å². The van der Waals surface area contributed by atoms with E-state index in [1.165, 1.54) is 12.0 Å². The highest BCUT2D eigenvalue weighted by atomic mass is 16.5. The molecule has 0 aromatic rings. The summed E-state index contributed by atoms with van der Waals surface area (Å²) in [6, 6.07) is -0.546. The molecule has 1 fully saturated rings. The van der Waals surface area contributed by atoms with Gasteiger partial charge in [0.25, 0.3) is 0 Å². The van der Waals surface area contributed by atoms with Gasteiger partial charge in [-0.1, -0.05) is 20.8 Å². The Labute approximate surface area is 124 Å². The summed E-state index contributed by atoms with van der Waals surface area (Å²) < 4.78 is 9.67. The highest BCUT2D eigenvalue weighted by Crippen LogP contribution is 2.18. The number of likely N-dealkylation sites (tertiary alicyclic amines) is 1. The quantitative estimate of drug-likeness (QED) is 0.780. The first-order valence-electron chi connectivity index (χ1n) is 7.02. The minimum Gasteiger partial charge on any atom is -0.467 e. The van der Waals surface area contributed by atoms with Crippen LogP contribution in [0.2, 0.25) is 0 Å². The molecule has 1 rings (SSSR count). The predicted molar refractivity (Wildman–Crippen MR) is 75.6 cm³/mol. The number of alkyl carbamates (subject to hydrolysis) is 1. The molecular weight excluding hydrogens is 276 g/mol. The van der Waals surface area contributed by atoms with Crippen LogP contribution in [0.15, 0.2) is 0 Å². The van der Waals surface area contributed by atoms with Crippen molar-refractivity contribution in [1.82, 2.24) is 10.2 Å². The van der Waals surface area contributed by atoms with E-state index < -0.39 is 18.1 Å². The Morgan fingerprint density at radius 2 is 1.95 bits per heavy atom. The van der Waals surface area contributed by atoms with Gasteiger partial charge in [-0.05, 0) is 18.3 Å². The van der Waals surface area contributed by atoms with Crippen LogP contribution < -0.4 is 5.32 Å².